The van der Waals surface area contributed by atoms with Gasteiger partial charge < -0.3 is 9.67 Å². The third-order valence-electron chi connectivity index (χ3n) is 4.64. The lowest BCUT2D eigenvalue weighted by Crippen LogP contribution is -2.02. The van der Waals surface area contributed by atoms with E-state index in [-0.39, 0.29) is 6.42 Å². The molecule has 3 rings (SSSR count). The van der Waals surface area contributed by atoms with E-state index in [4.69, 9.17) is 10.1 Å². The average Bonchev–Trinajstić information content (AvgIpc) is 2.94. The Hall–Kier alpha value is -2.88. The molecule has 0 amide bonds. The van der Waals surface area contributed by atoms with Crippen molar-refractivity contribution in [2.24, 2.45) is 0 Å². The molecular weight excluding hydrogens is 324 g/mol. The lowest BCUT2D eigenvalue weighted by molar-refractivity contribution is -0.137. The van der Waals surface area contributed by atoms with Crippen molar-refractivity contribution in [3.63, 3.8) is 0 Å². The van der Waals surface area contributed by atoms with Crippen LogP contribution in [0.25, 0.3) is 23.2 Å². The van der Waals surface area contributed by atoms with Crippen LogP contribution in [0.4, 0.5) is 0 Å². The summed E-state index contributed by atoms with van der Waals surface area (Å²) in [5.74, 6) is 0.167. The topological polar surface area (TPSA) is 55.1 Å². The van der Waals surface area contributed by atoms with Crippen LogP contribution in [-0.2, 0) is 11.3 Å². The smallest absolute Gasteiger partial charge is 0.303 e. The number of unbranched alkanes of at least 4 members (excludes halogenated alkanes) is 1. The Morgan fingerprint density at radius 1 is 1.08 bits per heavy atom. The Bertz CT molecular complexity index is 940. The van der Waals surface area contributed by atoms with E-state index < -0.39 is 5.97 Å². The zero-order valence-electron chi connectivity index (χ0n) is 15.3. The van der Waals surface area contributed by atoms with Gasteiger partial charge in [-0.15, -0.1) is 0 Å². The van der Waals surface area contributed by atoms with Crippen molar-refractivity contribution in [2.45, 2.75) is 39.7 Å². The number of benzene rings is 2. The van der Waals surface area contributed by atoms with Crippen LogP contribution in [0.5, 0.6) is 0 Å². The number of hydrogen-bond acceptors (Lipinski definition) is 2. The molecule has 0 fully saturated rings. The molecule has 1 heterocycles. The molecule has 3 aromatic rings. The Labute approximate surface area is 153 Å². The minimum atomic E-state index is -0.740. The van der Waals surface area contributed by atoms with E-state index in [1.54, 1.807) is 0 Å². The van der Waals surface area contributed by atoms with Crippen LogP contribution in [-0.4, -0.2) is 20.6 Å². The van der Waals surface area contributed by atoms with Crippen LogP contribution in [0.15, 0.2) is 42.5 Å². The van der Waals surface area contributed by atoms with E-state index in [1.807, 2.05) is 24.3 Å². The Kier molecular flexibility index (Phi) is 5.52. The predicted octanol–water partition coefficient (Wildman–Crippen LogP) is 5.08. The van der Waals surface area contributed by atoms with Gasteiger partial charge in [-0.3, -0.25) is 4.79 Å². The fourth-order valence-corrected chi connectivity index (χ4v) is 3.04. The molecule has 0 aliphatic heterocycles. The number of carboxylic acids is 1. The van der Waals surface area contributed by atoms with Crippen LogP contribution in [0.3, 0.4) is 0 Å². The molecule has 0 spiro atoms. The summed E-state index contributed by atoms with van der Waals surface area (Å²) in [6, 6.07) is 14.4. The molecule has 0 radical (unpaired) electrons. The van der Waals surface area contributed by atoms with E-state index in [0.717, 1.165) is 35.4 Å². The number of fused-ring (bicyclic) bond motifs is 1. The summed E-state index contributed by atoms with van der Waals surface area (Å²) in [6.07, 6.45) is 5.80. The Balaban J connectivity index is 1.93. The molecule has 1 N–H and O–H groups in total. The first-order valence-electron chi connectivity index (χ1n) is 8.97. The number of aryl methyl sites for hydroxylation is 3. The van der Waals surface area contributed by atoms with Gasteiger partial charge in [-0.25, -0.2) is 4.98 Å². The molecule has 26 heavy (non-hydrogen) atoms. The van der Waals surface area contributed by atoms with Crippen LogP contribution in [0, 0.1) is 13.8 Å². The summed E-state index contributed by atoms with van der Waals surface area (Å²) in [5.41, 5.74) is 5.69. The molecular formula is C22H24N2O2. The summed E-state index contributed by atoms with van der Waals surface area (Å²) < 4.78 is 2.20. The van der Waals surface area contributed by atoms with Crippen molar-refractivity contribution in [2.75, 3.05) is 0 Å². The molecule has 0 unspecified atom stereocenters. The maximum absolute atomic E-state index is 10.8. The Morgan fingerprint density at radius 2 is 1.81 bits per heavy atom. The van der Waals surface area contributed by atoms with Gasteiger partial charge in [-0.05, 0) is 61.6 Å². The van der Waals surface area contributed by atoms with E-state index >= 15 is 0 Å². The molecule has 0 bridgehead atoms. The van der Waals surface area contributed by atoms with Crippen LogP contribution < -0.4 is 0 Å². The van der Waals surface area contributed by atoms with Gasteiger partial charge >= 0.3 is 5.97 Å². The third kappa shape index (κ3) is 4.20. The molecule has 4 nitrogen and oxygen atoms in total. The van der Waals surface area contributed by atoms with Crippen molar-refractivity contribution in [3.8, 4) is 0 Å². The molecule has 0 saturated carbocycles. The highest BCUT2D eigenvalue weighted by Crippen LogP contribution is 2.23. The van der Waals surface area contributed by atoms with Gasteiger partial charge in [0.25, 0.3) is 0 Å². The standard InChI is InChI=1S/C22H24N2O2/c1-16-14-19-20(15-17(16)2)24(13-7-6-10-22(25)26)21(23-19)12-11-18-8-4-3-5-9-18/h3-5,8-9,11-12,14-15H,6-7,10,13H2,1-2H3,(H,25,26)/b12-11+. The molecule has 0 atom stereocenters. The molecule has 2 aromatic carbocycles. The SMILES string of the molecule is Cc1cc2nc(/C=C/c3ccccc3)n(CCCCC(=O)O)c2cc1C. The van der Waals surface area contributed by atoms with Gasteiger partial charge in [-0.1, -0.05) is 36.4 Å². The number of rotatable bonds is 7. The second-order valence-corrected chi connectivity index (χ2v) is 6.64. The van der Waals surface area contributed by atoms with E-state index in [0.29, 0.717) is 6.42 Å². The fourth-order valence-electron chi connectivity index (χ4n) is 3.04. The number of imidazole rings is 1. The average molecular weight is 348 g/mol. The second-order valence-electron chi connectivity index (χ2n) is 6.64. The van der Waals surface area contributed by atoms with Gasteiger partial charge in [0.15, 0.2) is 0 Å². The highest BCUT2D eigenvalue weighted by molar-refractivity contribution is 5.81. The maximum atomic E-state index is 10.8. The van der Waals surface area contributed by atoms with Gasteiger partial charge in [0.1, 0.15) is 5.82 Å². The van der Waals surface area contributed by atoms with Gasteiger partial charge in [0.05, 0.1) is 11.0 Å². The summed E-state index contributed by atoms with van der Waals surface area (Å²) >= 11 is 0. The van der Waals surface area contributed by atoms with Crippen molar-refractivity contribution < 1.29 is 9.90 Å². The molecule has 134 valence electrons. The van der Waals surface area contributed by atoms with Crippen molar-refractivity contribution in [1.29, 1.82) is 0 Å². The summed E-state index contributed by atoms with van der Waals surface area (Å²) in [4.78, 5) is 15.6. The lowest BCUT2D eigenvalue weighted by Gasteiger charge is -2.08. The molecule has 1 aromatic heterocycles. The number of aliphatic carboxylic acids is 1. The minimum Gasteiger partial charge on any atom is -0.481 e. The highest BCUT2D eigenvalue weighted by Gasteiger charge is 2.10. The van der Waals surface area contributed by atoms with Gasteiger partial charge in [-0.2, -0.15) is 0 Å². The van der Waals surface area contributed by atoms with E-state index in [1.165, 1.54) is 11.1 Å². The third-order valence-corrected chi connectivity index (χ3v) is 4.64. The monoisotopic (exact) mass is 348 g/mol. The van der Waals surface area contributed by atoms with Crippen molar-refractivity contribution in [1.82, 2.24) is 9.55 Å². The first kappa shape index (κ1) is 17.9. The molecule has 0 aliphatic carbocycles. The fraction of sp³-hybridized carbons (Fsp3) is 0.273. The second kappa shape index (κ2) is 8.00. The minimum absolute atomic E-state index is 0.208. The zero-order valence-corrected chi connectivity index (χ0v) is 15.3. The molecule has 4 heteroatoms. The summed E-state index contributed by atoms with van der Waals surface area (Å²) in [5, 5.41) is 8.84. The first-order valence-corrected chi connectivity index (χ1v) is 8.97. The summed E-state index contributed by atoms with van der Waals surface area (Å²) in [7, 11) is 0. The van der Waals surface area contributed by atoms with Crippen LogP contribution in [0.2, 0.25) is 0 Å². The van der Waals surface area contributed by atoms with Crippen molar-refractivity contribution in [3.05, 3.63) is 65.0 Å². The highest BCUT2D eigenvalue weighted by atomic mass is 16.4. The Morgan fingerprint density at radius 3 is 2.54 bits per heavy atom. The number of aromatic nitrogens is 2. The van der Waals surface area contributed by atoms with E-state index in [9.17, 15) is 4.79 Å². The predicted molar refractivity (Wildman–Crippen MR) is 106 cm³/mol. The van der Waals surface area contributed by atoms with Crippen molar-refractivity contribution >= 4 is 29.2 Å². The van der Waals surface area contributed by atoms with Crippen LogP contribution in [0.1, 0.15) is 41.8 Å². The molecule has 0 saturated heterocycles. The number of hydrogen-bond donors (Lipinski definition) is 1. The first-order chi connectivity index (χ1) is 12.5. The quantitative estimate of drug-likeness (QED) is 0.606. The lowest BCUT2D eigenvalue weighted by atomic mass is 10.1. The summed E-state index contributed by atoms with van der Waals surface area (Å²) in [6.45, 7) is 4.97. The normalized spacial score (nSPS) is 11.5. The van der Waals surface area contributed by atoms with Crippen LogP contribution >= 0.6 is 0 Å². The zero-order chi connectivity index (χ0) is 18.5. The van der Waals surface area contributed by atoms with Gasteiger partial charge in [0.2, 0.25) is 0 Å². The molecule has 0 aliphatic rings. The largest absolute Gasteiger partial charge is 0.481 e. The number of nitrogens with zero attached hydrogens (tertiary/aromatic N) is 2. The maximum Gasteiger partial charge on any atom is 0.303 e. The van der Waals surface area contributed by atoms with Gasteiger partial charge in [0, 0.05) is 13.0 Å². The number of carboxylic acid groups (broad SMARTS) is 1. The van der Waals surface area contributed by atoms with E-state index in [2.05, 4.69) is 48.8 Å². The number of carbonyl (C=O) groups is 1.